The largest absolute Gasteiger partial charge is 0.481 e. The van der Waals surface area contributed by atoms with Crippen LogP contribution in [-0.4, -0.2) is 33.5 Å². The Bertz CT molecular complexity index is 735. The molecule has 1 heterocycles. The van der Waals surface area contributed by atoms with Crippen LogP contribution in [0.4, 0.5) is 0 Å². The molecule has 1 unspecified atom stereocenters. The maximum Gasteiger partial charge on any atom is 0.312 e. The van der Waals surface area contributed by atoms with Crippen molar-refractivity contribution in [3.05, 3.63) is 58.6 Å². The van der Waals surface area contributed by atoms with E-state index in [0.29, 0.717) is 11.4 Å². The van der Waals surface area contributed by atoms with E-state index in [0.717, 1.165) is 0 Å². The number of hydrogen-bond donors (Lipinski definition) is 2. The average Bonchev–Trinajstić information content (AvgIpc) is 2.55. The maximum atomic E-state index is 12.3. The van der Waals surface area contributed by atoms with Crippen LogP contribution in [0, 0.1) is 0 Å². The predicted octanol–water partition coefficient (Wildman–Crippen LogP) is 2.85. The summed E-state index contributed by atoms with van der Waals surface area (Å²) >= 11 is 5.99. The van der Waals surface area contributed by atoms with E-state index in [-0.39, 0.29) is 23.2 Å². The van der Waals surface area contributed by atoms with Crippen LogP contribution < -0.4 is 5.32 Å². The number of nitrogens with one attached hydrogen (secondary N) is 1. The molecule has 0 radical (unpaired) electrons. The van der Waals surface area contributed by atoms with E-state index < -0.39 is 17.8 Å². The normalized spacial score (nSPS) is 12.0. The van der Waals surface area contributed by atoms with Crippen LogP contribution in [0.2, 0.25) is 5.02 Å². The Kier molecular flexibility index (Phi) is 5.87. The minimum Gasteiger partial charge on any atom is -0.481 e. The Morgan fingerprint density at radius 3 is 2.50 bits per heavy atom. The van der Waals surface area contributed by atoms with E-state index in [4.69, 9.17) is 11.6 Å². The molecule has 0 spiro atoms. The highest BCUT2D eigenvalue weighted by molar-refractivity contribution is 6.33. The van der Waals surface area contributed by atoms with Crippen molar-refractivity contribution in [1.29, 1.82) is 0 Å². The molecule has 24 heavy (non-hydrogen) atoms. The van der Waals surface area contributed by atoms with Crippen LogP contribution in [0.1, 0.15) is 47.6 Å². The van der Waals surface area contributed by atoms with Crippen molar-refractivity contribution >= 4 is 23.5 Å². The van der Waals surface area contributed by atoms with Gasteiger partial charge in [0.25, 0.3) is 5.91 Å². The van der Waals surface area contributed by atoms with E-state index >= 15 is 0 Å². The fraction of sp³-hybridized carbons (Fsp3) is 0.294. The molecule has 0 aliphatic rings. The molecule has 1 aromatic carbocycles. The van der Waals surface area contributed by atoms with E-state index in [1.54, 1.807) is 30.3 Å². The molecular weight excluding hydrogens is 330 g/mol. The summed E-state index contributed by atoms with van der Waals surface area (Å²) in [5, 5.41) is 12.1. The third-order valence-electron chi connectivity index (χ3n) is 3.46. The first kappa shape index (κ1) is 17.9. The topological polar surface area (TPSA) is 92.2 Å². The second-order valence-electron chi connectivity index (χ2n) is 5.59. The Hall–Kier alpha value is -2.47. The van der Waals surface area contributed by atoms with Crippen molar-refractivity contribution in [1.82, 2.24) is 15.3 Å². The summed E-state index contributed by atoms with van der Waals surface area (Å²) in [6.45, 7) is 3.75. The SMILES string of the molecule is CC(C)c1ncc(Cl)c(C(=O)NCC(C(=O)O)c2ccccc2)n1. The van der Waals surface area contributed by atoms with Gasteiger partial charge in [-0.2, -0.15) is 0 Å². The van der Waals surface area contributed by atoms with Gasteiger partial charge in [0.15, 0.2) is 0 Å². The Morgan fingerprint density at radius 1 is 1.25 bits per heavy atom. The highest BCUT2D eigenvalue weighted by Crippen LogP contribution is 2.18. The summed E-state index contributed by atoms with van der Waals surface area (Å²) in [6, 6.07) is 8.72. The number of nitrogens with zero attached hydrogens (tertiary/aromatic N) is 2. The van der Waals surface area contributed by atoms with Crippen LogP contribution in [0.5, 0.6) is 0 Å². The lowest BCUT2D eigenvalue weighted by Gasteiger charge is -2.14. The van der Waals surface area contributed by atoms with Gasteiger partial charge in [-0.1, -0.05) is 55.8 Å². The van der Waals surface area contributed by atoms with E-state index in [9.17, 15) is 14.7 Å². The lowest BCUT2D eigenvalue weighted by molar-refractivity contribution is -0.138. The first-order chi connectivity index (χ1) is 11.4. The number of carbonyl (C=O) groups is 2. The van der Waals surface area contributed by atoms with Gasteiger partial charge in [-0.3, -0.25) is 9.59 Å². The maximum absolute atomic E-state index is 12.3. The van der Waals surface area contributed by atoms with Crippen molar-refractivity contribution in [2.24, 2.45) is 0 Å². The second kappa shape index (κ2) is 7.88. The fourth-order valence-corrected chi connectivity index (χ4v) is 2.31. The standard InChI is InChI=1S/C17H18ClN3O3/c1-10(2)15-19-9-13(18)14(21-15)16(22)20-8-12(17(23)24)11-6-4-3-5-7-11/h3-7,9-10,12H,8H2,1-2H3,(H,20,22)(H,23,24). The van der Waals surface area contributed by atoms with Gasteiger partial charge in [0.05, 0.1) is 17.1 Å². The zero-order valence-corrected chi connectivity index (χ0v) is 14.1. The Labute approximate surface area is 144 Å². The lowest BCUT2D eigenvalue weighted by atomic mass is 9.99. The zero-order chi connectivity index (χ0) is 17.7. The number of amides is 1. The summed E-state index contributed by atoms with van der Waals surface area (Å²) in [7, 11) is 0. The molecular formula is C17H18ClN3O3. The molecule has 2 N–H and O–H groups in total. The smallest absolute Gasteiger partial charge is 0.312 e. The van der Waals surface area contributed by atoms with E-state index in [1.165, 1.54) is 6.20 Å². The molecule has 0 saturated carbocycles. The monoisotopic (exact) mass is 347 g/mol. The molecule has 0 bridgehead atoms. The molecule has 7 heteroatoms. The van der Waals surface area contributed by atoms with E-state index in [2.05, 4.69) is 15.3 Å². The molecule has 0 aliphatic heterocycles. The number of aliphatic carboxylic acids is 1. The summed E-state index contributed by atoms with van der Waals surface area (Å²) < 4.78 is 0. The van der Waals surface area contributed by atoms with Gasteiger partial charge in [0.1, 0.15) is 11.5 Å². The van der Waals surface area contributed by atoms with Gasteiger partial charge in [-0.25, -0.2) is 9.97 Å². The summed E-state index contributed by atoms with van der Waals surface area (Å²) in [5.74, 6) is -1.84. The molecule has 126 valence electrons. The molecule has 1 atom stereocenters. The highest BCUT2D eigenvalue weighted by Gasteiger charge is 2.22. The van der Waals surface area contributed by atoms with Gasteiger partial charge >= 0.3 is 5.97 Å². The summed E-state index contributed by atoms with van der Waals surface area (Å²) in [6.07, 6.45) is 1.38. The molecule has 0 fully saturated rings. The number of carboxylic acids is 1. The number of carbonyl (C=O) groups excluding carboxylic acids is 1. The third-order valence-corrected chi connectivity index (χ3v) is 3.74. The number of hydrogen-bond acceptors (Lipinski definition) is 4. The van der Waals surface area contributed by atoms with Crippen molar-refractivity contribution in [2.75, 3.05) is 6.54 Å². The first-order valence-corrected chi connectivity index (χ1v) is 7.86. The molecule has 6 nitrogen and oxygen atoms in total. The molecule has 2 rings (SSSR count). The van der Waals surface area contributed by atoms with Gasteiger partial charge in [0, 0.05) is 12.5 Å². The van der Waals surface area contributed by atoms with E-state index in [1.807, 2.05) is 13.8 Å². The van der Waals surface area contributed by atoms with Crippen molar-refractivity contribution in [3.8, 4) is 0 Å². The zero-order valence-electron chi connectivity index (χ0n) is 13.4. The number of aromatic nitrogens is 2. The average molecular weight is 348 g/mol. The summed E-state index contributed by atoms with van der Waals surface area (Å²) in [5.41, 5.74) is 0.662. The van der Waals surface area contributed by atoms with Gasteiger partial charge in [0.2, 0.25) is 0 Å². The minimum absolute atomic E-state index is 0.0462. The molecule has 0 saturated heterocycles. The number of rotatable bonds is 6. The van der Waals surface area contributed by atoms with Crippen LogP contribution in [0.3, 0.4) is 0 Å². The number of benzene rings is 1. The van der Waals surface area contributed by atoms with Crippen LogP contribution >= 0.6 is 11.6 Å². The van der Waals surface area contributed by atoms with Gasteiger partial charge in [-0.15, -0.1) is 0 Å². The summed E-state index contributed by atoms with van der Waals surface area (Å²) in [4.78, 5) is 32.0. The van der Waals surface area contributed by atoms with Crippen molar-refractivity contribution in [2.45, 2.75) is 25.7 Å². The fourth-order valence-electron chi connectivity index (χ4n) is 2.13. The highest BCUT2D eigenvalue weighted by atomic mass is 35.5. The quantitative estimate of drug-likeness (QED) is 0.838. The Morgan fingerprint density at radius 2 is 1.92 bits per heavy atom. The van der Waals surface area contributed by atoms with Crippen molar-refractivity contribution in [3.63, 3.8) is 0 Å². The number of carboxylic acid groups (broad SMARTS) is 1. The molecule has 0 aliphatic carbocycles. The van der Waals surface area contributed by atoms with Crippen LogP contribution in [0.15, 0.2) is 36.5 Å². The first-order valence-electron chi connectivity index (χ1n) is 7.48. The third kappa shape index (κ3) is 4.29. The van der Waals surface area contributed by atoms with Gasteiger partial charge in [-0.05, 0) is 5.56 Å². The molecule has 1 amide bonds. The molecule has 1 aromatic heterocycles. The van der Waals surface area contributed by atoms with Crippen LogP contribution in [0.25, 0.3) is 0 Å². The van der Waals surface area contributed by atoms with Crippen LogP contribution in [-0.2, 0) is 4.79 Å². The van der Waals surface area contributed by atoms with Crippen molar-refractivity contribution < 1.29 is 14.7 Å². The lowest BCUT2D eigenvalue weighted by Crippen LogP contribution is -2.32. The predicted molar refractivity (Wildman–Crippen MR) is 90.3 cm³/mol. The van der Waals surface area contributed by atoms with Gasteiger partial charge < -0.3 is 10.4 Å². The minimum atomic E-state index is -1.02. The molecule has 2 aromatic rings. The number of halogens is 1. The second-order valence-corrected chi connectivity index (χ2v) is 6.00. The Balaban J connectivity index is 2.14.